The van der Waals surface area contributed by atoms with Crippen LogP contribution in [0.4, 0.5) is 5.13 Å². The molecule has 8 nitrogen and oxygen atoms in total. The summed E-state index contributed by atoms with van der Waals surface area (Å²) < 4.78 is 0.951. The number of hydrogen-bond acceptors (Lipinski definition) is 6. The first-order valence-corrected chi connectivity index (χ1v) is 11.0. The van der Waals surface area contributed by atoms with Crippen LogP contribution in [0.5, 0.6) is 0 Å². The van der Waals surface area contributed by atoms with Crippen molar-refractivity contribution in [2.45, 2.75) is 25.8 Å². The van der Waals surface area contributed by atoms with Crippen LogP contribution in [0, 0.1) is 0 Å². The Morgan fingerprint density at radius 2 is 1.88 bits per heavy atom. The van der Waals surface area contributed by atoms with Gasteiger partial charge in [0.15, 0.2) is 10.8 Å². The number of amides is 2. The van der Waals surface area contributed by atoms with Crippen molar-refractivity contribution in [3.63, 3.8) is 0 Å². The van der Waals surface area contributed by atoms with Gasteiger partial charge >= 0.3 is 0 Å². The molecular weight excluding hydrogens is 426 g/mol. The molecular formula is C23H19N5O3S. The van der Waals surface area contributed by atoms with Crippen LogP contribution in [0.3, 0.4) is 0 Å². The number of nitrogens with one attached hydrogen (secondary N) is 1. The zero-order chi connectivity index (χ0) is 22.2. The number of nitrogens with two attached hydrogens (primary N) is 1. The maximum absolute atomic E-state index is 12.7. The average molecular weight is 446 g/mol. The smallest absolute Gasteiger partial charge is 0.275 e. The Hall–Kier alpha value is -3.85. The molecule has 0 fully saturated rings. The van der Waals surface area contributed by atoms with E-state index < -0.39 is 17.4 Å². The SMILES string of the molecule is NC(=O)c1nn(CC(=O)Nc2nc(-c3ccc4c(c3)CCC4)cs2)c(=O)c2ccccc12. The summed E-state index contributed by atoms with van der Waals surface area (Å²) in [5.74, 6) is -1.24. The second kappa shape index (κ2) is 8.01. The molecule has 0 unspecified atom stereocenters. The number of aromatic nitrogens is 3. The lowest BCUT2D eigenvalue weighted by atomic mass is 10.1. The number of carbonyl (C=O) groups excluding carboxylic acids is 2. The van der Waals surface area contributed by atoms with Crippen molar-refractivity contribution in [2.24, 2.45) is 5.73 Å². The number of hydrogen-bond donors (Lipinski definition) is 2. The third kappa shape index (κ3) is 3.67. The molecule has 0 spiro atoms. The minimum Gasteiger partial charge on any atom is -0.364 e. The number of nitrogens with zero attached hydrogens (tertiary/aromatic N) is 3. The highest BCUT2D eigenvalue weighted by atomic mass is 32.1. The molecule has 0 saturated heterocycles. The zero-order valence-electron chi connectivity index (χ0n) is 17.0. The Bertz CT molecular complexity index is 1440. The molecule has 32 heavy (non-hydrogen) atoms. The molecule has 2 aromatic carbocycles. The van der Waals surface area contributed by atoms with Gasteiger partial charge in [-0.3, -0.25) is 14.4 Å². The molecule has 0 aliphatic heterocycles. The van der Waals surface area contributed by atoms with Crippen molar-refractivity contribution in [1.29, 1.82) is 0 Å². The fourth-order valence-corrected chi connectivity index (χ4v) is 4.75. The maximum atomic E-state index is 12.7. The standard InChI is InChI=1S/C23H19N5O3S/c24-21(30)20-16-6-1-2-7-17(16)22(31)28(27-20)11-19(29)26-23-25-18(12-32-23)15-9-8-13-4-3-5-14(13)10-15/h1-2,6-10,12H,3-5,11H2,(H2,24,30)(H,25,26,29). The summed E-state index contributed by atoms with van der Waals surface area (Å²) in [6, 6.07) is 12.9. The van der Waals surface area contributed by atoms with Crippen molar-refractivity contribution in [2.75, 3.05) is 5.32 Å². The number of primary amides is 1. The maximum Gasteiger partial charge on any atom is 0.275 e. The van der Waals surface area contributed by atoms with Crippen molar-refractivity contribution >= 4 is 39.1 Å². The summed E-state index contributed by atoms with van der Waals surface area (Å²) in [4.78, 5) is 41.6. The molecule has 1 aliphatic rings. The number of aryl methyl sites for hydroxylation is 2. The predicted octanol–water partition coefficient (Wildman–Crippen LogP) is 2.75. The Balaban J connectivity index is 1.37. The van der Waals surface area contributed by atoms with Crippen LogP contribution in [0.2, 0.25) is 0 Å². The predicted molar refractivity (Wildman–Crippen MR) is 123 cm³/mol. The quantitative estimate of drug-likeness (QED) is 0.489. The number of benzene rings is 2. The van der Waals surface area contributed by atoms with Crippen LogP contribution in [0.15, 0.2) is 52.6 Å². The number of thiazole rings is 1. The van der Waals surface area contributed by atoms with Gasteiger partial charge in [0.05, 0.1) is 11.1 Å². The first-order chi connectivity index (χ1) is 15.5. The van der Waals surface area contributed by atoms with E-state index in [-0.39, 0.29) is 17.6 Å². The minimum absolute atomic E-state index is 0.0545. The van der Waals surface area contributed by atoms with E-state index in [1.165, 1.54) is 28.9 Å². The van der Waals surface area contributed by atoms with E-state index in [4.69, 9.17) is 5.73 Å². The summed E-state index contributed by atoms with van der Waals surface area (Å²) in [6.45, 7) is -0.363. The largest absolute Gasteiger partial charge is 0.364 e. The van der Waals surface area contributed by atoms with E-state index in [1.54, 1.807) is 24.3 Å². The summed E-state index contributed by atoms with van der Waals surface area (Å²) in [5, 5.41) is 9.68. The van der Waals surface area contributed by atoms with Gasteiger partial charge in [0, 0.05) is 16.3 Å². The van der Waals surface area contributed by atoms with Crippen LogP contribution in [-0.4, -0.2) is 26.6 Å². The fraction of sp³-hybridized carbons (Fsp3) is 0.174. The molecule has 160 valence electrons. The molecule has 9 heteroatoms. The van der Waals surface area contributed by atoms with Gasteiger partial charge in [0.2, 0.25) is 5.91 Å². The monoisotopic (exact) mass is 445 g/mol. The normalized spacial score (nSPS) is 12.6. The molecule has 0 bridgehead atoms. The van der Waals surface area contributed by atoms with E-state index in [0.29, 0.717) is 10.5 Å². The molecule has 2 heterocycles. The van der Waals surface area contributed by atoms with Crippen LogP contribution >= 0.6 is 11.3 Å². The third-order valence-electron chi connectivity index (χ3n) is 5.54. The highest BCUT2D eigenvalue weighted by Crippen LogP contribution is 2.30. The van der Waals surface area contributed by atoms with E-state index in [2.05, 4.69) is 33.6 Å². The molecule has 0 radical (unpaired) electrons. The van der Waals surface area contributed by atoms with Crippen LogP contribution in [0.25, 0.3) is 22.0 Å². The second-order valence-electron chi connectivity index (χ2n) is 7.64. The van der Waals surface area contributed by atoms with E-state index in [9.17, 15) is 14.4 Å². The summed E-state index contributed by atoms with van der Waals surface area (Å²) >= 11 is 1.31. The average Bonchev–Trinajstić information content (AvgIpc) is 3.44. The Morgan fingerprint density at radius 1 is 1.09 bits per heavy atom. The highest BCUT2D eigenvalue weighted by molar-refractivity contribution is 7.14. The van der Waals surface area contributed by atoms with Gasteiger partial charge in [0.25, 0.3) is 11.5 Å². The highest BCUT2D eigenvalue weighted by Gasteiger charge is 2.17. The number of carbonyl (C=O) groups is 2. The number of fused-ring (bicyclic) bond motifs is 2. The first kappa shape index (κ1) is 20.1. The summed E-state index contributed by atoms with van der Waals surface area (Å²) in [6.07, 6.45) is 3.38. The zero-order valence-corrected chi connectivity index (χ0v) is 17.8. The summed E-state index contributed by atoms with van der Waals surface area (Å²) in [5.41, 5.74) is 9.44. The molecule has 4 aromatic rings. The van der Waals surface area contributed by atoms with Gasteiger partial charge in [-0.05, 0) is 42.5 Å². The van der Waals surface area contributed by atoms with E-state index in [1.807, 2.05) is 5.38 Å². The van der Waals surface area contributed by atoms with Gasteiger partial charge in [0.1, 0.15) is 6.54 Å². The fourth-order valence-electron chi connectivity index (χ4n) is 4.01. The number of anilines is 1. The Labute approximate surface area is 186 Å². The van der Waals surface area contributed by atoms with Crippen molar-refractivity contribution in [1.82, 2.24) is 14.8 Å². The summed E-state index contributed by atoms with van der Waals surface area (Å²) in [7, 11) is 0. The Morgan fingerprint density at radius 3 is 2.69 bits per heavy atom. The lowest BCUT2D eigenvalue weighted by molar-refractivity contribution is -0.117. The van der Waals surface area contributed by atoms with Gasteiger partial charge < -0.3 is 11.1 Å². The van der Waals surface area contributed by atoms with Crippen molar-refractivity contribution in [3.05, 3.63) is 75.0 Å². The van der Waals surface area contributed by atoms with E-state index in [0.717, 1.165) is 28.8 Å². The van der Waals surface area contributed by atoms with Crippen molar-refractivity contribution in [3.8, 4) is 11.3 Å². The van der Waals surface area contributed by atoms with E-state index >= 15 is 0 Å². The van der Waals surface area contributed by atoms with Gasteiger partial charge in [-0.25, -0.2) is 9.67 Å². The number of rotatable bonds is 5. The third-order valence-corrected chi connectivity index (χ3v) is 6.30. The molecule has 3 N–H and O–H groups in total. The molecule has 2 amide bonds. The molecule has 5 rings (SSSR count). The molecule has 1 aliphatic carbocycles. The molecule has 2 aromatic heterocycles. The van der Waals surface area contributed by atoms with Gasteiger partial charge in [-0.15, -0.1) is 11.3 Å². The first-order valence-electron chi connectivity index (χ1n) is 10.2. The van der Waals surface area contributed by atoms with Crippen LogP contribution in [-0.2, 0) is 24.2 Å². The second-order valence-corrected chi connectivity index (χ2v) is 8.50. The van der Waals surface area contributed by atoms with Crippen LogP contribution < -0.4 is 16.6 Å². The molecule has 0 saturated carbocycles. The minimum atomic E-state index is -0.769. The van der Waals surface area contributed by atoms with Gasteiger partial charge in [-0.1, -0.05) is 30.3 Å². The molecule has 0 atom stereocenters. The van der Waals surface area contributed by atoms with Crippen LogP contribution in [0.1, 0.15) is 28.0 Å². The van der Waals surface area contributed by atoms with Crippen molar-refractivity contribution < 1.29 is 9.59 Å². The Kier molecular flexibility index (Phi) is 5.02. The topological polar surface area (TPSA) is 120 Å². The van der Waals surface area contributed by atoms with Gasteiger partial charge in [-0.2, -0.15) is 5.10 Å². The lowest BCUT2D eigenvalue weighted by Gasteiger charge is -2.09. The lowest BCUT2D eigenvalue weighted by Crippen LogP contribution is -2.32.